The Labute approximate surface area is 102 Å². The van der Waals surface area contributed by atoms with E-state index in [1.165, 1.54) is 12.0 Å². The highest BCUT2D eigenvalue weighted by Gasteiger charge is 2.24. The predicted molar refractivity (Wildman–Crippen MR) is 67.2 cm³/mol. The van der Waals surface area contributed by atoms with E-state index in [2.05, 4.69) is 23.1 Å². The highest BCUT2D eigenvalue weighted by atomic mass is 16.5. The molecule has 3 rings (SSSR count). The fourth-order valence-electron chi connectivity index (χ4n) is 2.68. The van der Waals surface area contributed by atoms with Crippen molar-refractivity contribution in [2.75, 3.05) is 19.8 Å². The number of benzene rings is 1. The van der Waals surface area contributed by atoms with Gasteiger partial charge in [-0.1, -0.05) is 24.3 Å². The van der Waals surface area contributed by atoms with Crippen molar-refractivity contribution in [2.45, 2.75) is 19.4 Å². The number of nitrogens with zero attached hydrogens (tertiary/aromatic N) is 1. The van der Waals surface area contributed by atoms with Crippen LogP contribution in [0.15, 0.2) is 24.3 Å². The van der Waals surface area contributed by atoms with Gasteiger partial charge in [0, 0.05) is 31.9 Å². The number of ether oxygens (including phenoxy) is 1. The number of fused-ring (bicyclic) bond motifs is 1. The largest absolute Gasteiger partial charge is 0.381 e. The van der Waals surface area contributed by atoms with Crippen LogP contribution in [0.3, 0.4) is 0 Å². The molecule has 2 heterocycles. The Kier molecular flexibility index (Phi) is 2.85. The highest BCUT2D eigenvalue weighted by Crippen LogP contribution is 2.24. The van der Waals surface area contributed by atoms with E-state index in [0.29, 0.717) is 11.8 Å². The Hall–Kier alpha value is -1.35. The van der Waals surface area contributed by atoms with Gasteiger partial charge in [-0.15, -0.1) is 0 Å². The van der Waals surface area contributed by atoms with Crippen LogP contribution in [0.2, 0.25) is 0 Å². The first-order valence-corrected chi connectivity index (χ1v) is 6.34. The summed E-state index contributed by atoms with van der Waals surface area (Å²) in [5.41, 5.74) is 2.40. The molecule has 17 heavy (non-hydrogen) atoms. The van der Waals surface area contributed by atoms with Crippen LogP contribution < -0.4 is 0 Å². The zero-order valence-electron chi connectivity index (χ0n) is 9.98. The third-order valence-electron chi connectivity index (χ3n) is 3.78. The van der Waals surface area contributed by atoms with Crippen LogP contribution in [0.25, 0.3) is 0 Å². The van der Waals surface area contributed by atoms with Gasteiger partial charge in [-0.25, -0.2) is 0 Å². The van der Waals surface area contributed by atoms with Crippen molar-refractivity contribution >= 4 is 5.84 Å². The van der Waals surface area contributed by atoms with Crippen molar-refractivity contribution in [1.29, 1.82) is 5.41 Å². The van der Waals surface area contributed by atoms with Gasteiger partial charge in [0.25, 0.3) is 0 Å². The molecule has 1 aromatic carbocycles. The molecule has 2 aliphatic heterocycles. The number of hydrogen-bond donors (Lipinski definition) is 1. The van der Waals surface area contributed by atoms with E-state index in [4.69, 9.17) is 10.1 Å². The predicted octanol–water partition coefficient (Wildman–Crippen LogP) is 2.25. The lowest BCUT2D eigenvalue weighted by Crippen LogP contribution is -2.26. The standard InChI is InChI=1S/C14H18N2O/c15-14-13-4-2-1-3-12(13)9-16(14)7-5-11-6-8-17-10-11/h1-4,11,15H,5-10H2. The summed E-state index contributed by atoms with van der Waals surface area (Å²) in [5, 5.41) is 8.16. The smallest absolute Gasteiger partial charge is 0.128 e. The Bertz CT molecular complexity index is 424. The molecule has 1 atom stereocenters. The van der Waals surface area contributed by atoms with Crippen molar-refractivity contribution in [3.05, 3.63) is 35.4 Å². The van der Waals surface area contributed by atoms with Crippen molar-refractivity contribution in [3.8, 4) is 0 Å². The third kappa shape index (κ3) is 2.07. The zero-order chi connectivity index (χ0) is 11.7. The van der Waals surface area contributed by atoms with Crippen LogP contribution in [0.1, 0.15) is 24.0 Å². The van der Waals surface area contributed by atoms with Crippen molar-refractivity contribution in [1.82, 2.24) is 4.90 Å². The molecule has 1 N–H and O–H groups in total. The van der Waals surface area contributed by atoms with Crippen molar-refractivity contribution in [3.63, 3.8) is 0 Å². The Morgan fingerprint density at radius 2 is 2.24 bits per heavy atom. The van der Waals surface area contributed by atoms with E-state index in [1.54, 1.807) is 0 Å². The summed E-state index contributed by atoms with van der Waals surface area (Å²) in [7, 11) is 0. The molecule has 0 saturated carbocycles. The first-order chi connectivity index (χ1) is 8.34. The molecule has 2 aliphatic rings. The number of hydrogen-bond acceptors (Lipinski definition) is 2. The lowest BCUT2D eigenvalue weighted by molar-refractivity contribution is 0.182. The summed E-state index contributed by atoms with van der Waals surface area (Å²) >= 11 is 0. The maximum Gasteiger partial charge on any atom is 0.128 e. The maximum atomic E-state index is 8.16. The van der Waals surface area contributed by atoms with E-state index < -0.39 is 0 Å². The van der Waals surface area contributed by atoms with Gasteiger partial charge >= 0.3 is 0 Å². The first-order valence-electron chi connectivity index (χ1n) is 6.34. The minimum Gasteiger partial charge on any atom is -0.381 e. The fourth-order valence-corrected chi connectivity index (χ4v) is 2.68. The number of amidine groups is 1. The van der Waals surface area contributed by atoms with Crippen LogP contribution in [-0.2, 0) is 11.3 Å². The summed E-state index contributed by atoms with van der Waals surface area (Å²) < 4.78 is 5.39. The van der Waals surface area contributed by atoms with E-state index in [-0.39, 0.29) is 0 Å². The van der Waals surface area contributed by atoms with Gasteiger partial charge in [0.05, 0.1) is 0 Å². The van der Waals surface area contributed by atoms with Gasteiger partial charge in [-0.05, 0) is 24.3 Å². The molecule has 1 saturated heterocycles. The quantitative estimate of drug-likeness (QED) is 0.864. The Morgan fingerprint density at radius 1 is 1.35 bits per heavy atom. The molecular weight excluding hydrogens is 212 g/mol. The van der Waals surface area contributed by atoms with Crippen molar-refractivity contribution < 1.29 is 4.74 Å². The molecule has 0 bridgehead atoms. The molecule has 0 aromatic heterocycles. The van der Waals surface area contributed by atoms with E-state index >= 15 is 0 Å². The molecule has 0 spiro atoms. The summed E-state index contributed by atoms with van der Waals surface area (Å²) in [5.74, 6) is 1.39. The average molecular weight is 230 g/mol. The van der Waals surface area contributed by atoms with E-state index in [1.807, 2.05) is 6.07 Å². The molecule has 3 heteroatoms. The topological polar surface area (TPSA) is 36.3 Å². The van der Waals surface area contributed by atoms with Gasteiger partial charge in [0.1, 0.15) is 5.84 Å². The minimum absolute atomic E-state index is 0.694. The van der Waals surface area contributed by atoms with Crippen molar-refractivity contribution in [2.24, 2.45) is 5.92 Å². The molecule has 0 radical (unpaired) electrons. The summed E-state index contributed by atoms with van der Waals surface area (Å²) in [6.07, 6.45) is 2.34. The molecule has 1 aromatic rings. The van der Waals surface area contributed by atoms with Gasteiger partial charge in [0.15, 0.2) is 0 Å². The average Bonchev–Trinajstić information content (AvgIpc) is 2.96. The zero-order valence-corrected chi connectivity index (χ0v) is 9.98. The SMILES string of the molecule is N=C1c2ccccc2CN1CCC1CCOC1. The first kappa shape index (κ1) is 10.8. The normalized spacial score (nSPS) is 23.2. The second-order valence-electron chi connectivity index (χ2n) is 4.95. The van der Waals surface area contributed by atoms with Gasteiger partial charge < -0.3 is 9.64 Å². The van der Waals surface area contributed by atoms with Gasteiger partial charge in [-0.3, -0.25) is 5.41 Å². The third-order valence-corrected chi connectivity index (χ3v) is 3.78. The molecule has 0 amide bonds. The Morgan fingerprint density at radius 3 is 3.00 bits per heavy atom. The van der Waals surface area contributed by atoms with Crippen LogP contribution >= 0.6 is 0 Å². The molecule has 1 fully saturated rings. The monoisotopic (exact) mass is 230 g/mol. The molecule has 1 unspecified atom stereocenters. The molecule has 90 valence electrons. The van der Waals surface area contributed by atoms with Crippen LogP contribution in [0.5, 0.6) is 0 Å². The van der Waals surface area contributed by atoms with Crippen LogP contribution in [0.4, 0.5) is 0 Å². The lowest BCUT2D eigenvalue weighted by atomic mass is 10.1. The molecule has 3 nitrogen and oxygen atoms in total. The molecule has 0 aliphatic carbocycles. The second-order valence-corrected chi connectivity index (χ2v) is 4.95. The Balaban J connectivity index is 1.61. The lowest BCUT2D eigenvalue weighted by Gasteiger charge is -2.19. The minimum atomic E-state index is 0.694. The second kappa shape index (κ2) is 4.49. The summed E-state index contributed by atoms with van der Waals surface area (Å²) in [6.45, 7) is 3.72. The number of nitrogens with one attached hydrogen (secondary N) is 1. The van der Waals surface area contributed by atoms with Gasteiger partial charge in [0.2, 0.25) is 0 Å². The van der Waals surface area contributed by atoms with Gasteiger partial charge in [-0.2, -0.15) is 0 Å². The summed E-state index contributed by atoms with van der Waals surface area (Å²) in [6, 6.07) is 8.25. The van der Waals surface area contributed by atoms with Crippen LogP contribution in [0, 0.1) is 11.3 Å². The van der Waals surface area contributed by atoms with E-state index in [9.17, 15) is 0 Å². The number of rotatable bonds is 3. The van der Waals surface area contributed by atoms with E-state index in [0.717, 1.165) is 38.3 Å². The van der Waals surface area contributed by atoms with Crippen LogP contribution in [-0.4, -0.2) is 30.5 Å². The molecular formula is C14H18N2O. The maximum absolute atomic E-state index is 8.16. The summed E-state index contributed by atoms with van der Waals surface area (Å²) in [4.78, 5) is 2.18. The fraction of sp³-hybridized carbons (Fsp3) is 0.500. The highest BCUT2D eigenvalue weighted by molar-refractivity contribution is 6.00.